The third kappa shape index (κ3) is 4.55. The minimum absolute atomic E-state index is 0.175. The SMILES string of the molecule is COc1cc(NC(=O)c2ccc(Nc3ccccc3C)nn2)cc(OC)c1OC. The predicted octanol–water partition coefficient (Wildman–Crippen LogP) is 3.81. The topological polar surface area (TPSA) is 94.6 Å². The van der Waals surface area contributed by atoms with Crippen LogP contribution in [0.2, 0.25) is 0 Å². The van der Waals surface area contributed by atoms with E-state index in [2.05, 4.69) is 20.8 Å². The molecule has 0 spiro atoms. The van der Waals surface area contributed by atoms with Gasteiger partial charge in [0.25, 0.3) is 5.91 Å². The molecule has 0 radical (unpaired) electrons. The minimum atomic E-state index is -0.408. The van der Waals surface area contributed by atoms with Crippen molar-refractivity contribution in [2.75, 3.05) is 32.0 Å². The van der Waals surface area contributed by atoms with Crippen LogP contribution in [-0.4, -0.2) is 37.4 Å². The first kappa shape index (κ1) is 19.9. The number of methoxy groups -OCH3 is 3. The number of ether oxygens (including phenoxy) is 3. The molecule has 0 saturated carbocycles. The van der Waals surface area contributed by atoms with E-state index in [9.17, 15) is 4.79 Å². The molecule has 0 aliphatic carbocycles. The molecule has 3 aromatic rings. The first-order chi connectivity index (χ1) is 14.0. The number of benzene rings is 2. The number of amides is 1. The lowest BCUT2D eigenvalue weighted by atomic mass is 10.2. The number of hydrogen-bond acceptors (Lipinski definition) is 7. The van der Waals surface area contributed by atoms with Crippen LogP contribution in [0.15, 0.2) is 48.5 Å². The van der Waals surface area contributed by atoms with Gasteiger partial charge in [0, 0.05) is 23.5 Å². The van der Waals surface area contributed by atoms with Gasteiger partial charge in [0.05, 0.1) is 21.3 Å². The standard InChI is InChI=1S/C21H22N4O4/c1-13-7-5-6-8-15(13)23-19-10-9-16(24-25-19)21(26)22-14-11-17(27-2)20(29-4)18(12-14)28-3/h5-12H,1-4H3,(H,22,26)(H,23,25). The van der Waals surface area contributed by atoms with E-state index in [1.807, 2.05) is 31.2 Å². The number of aromatic nitrogens is 2. The van der Waals surface area contributed by atoms with Crippen LogP contribution in [0.25, 0.3) is 0 Å². The van der Waals surface area contributed by atoms with Crippen molar-refractivity contribution in [1.29, 1.82) is 0 Å². The zero-order valence-electron chi connectivity index (χ0n) is 16.6. The fourth-order valence-corrected chi connectivity index (χ4v) is 2.72. The summed E-state index contributed by atoms with van der Waals surface area (Å²) in [5.74, 6) is 1.45. The molecule has 1 aromatic heterocycles. The van der Waals surface area contributed by atoms with Crippen LogP contribution in [0.3, 0.4) is 0 Å². The maximum atomic E-state index is 12.5. The lowest BCUT2D eigenvalue weighted by molar-refractivity contribution is 0.102. The smallest absolute Gasteiger partial charge is 0.276 e. The Morgan fingerprint density at radius 2 is 1.59 bits per heavy atom. The number of rotatable bonds is 7. The van der Waals surface area contributed by atoms with Gasteiger partial charge in [0.15, 0.2) is 23.0 Å². The van der Waals surface area contributed by atoms with Gasteiger partial charge in [-0.25, -0.2) is 0 Å². The Morgan fingerprint density at radius 1 is 0.897 bits per heavy atom. The number of anilines is 3. The van der Waals surface area contributed by atoms with Crippen LogP contribution in [0, 0.1) is 6.92 Å². The average Bonchev–Trinajstić information content (AvgIpc) is 2.75. The molecule has 1 amide bonds. The number of hydrogen-bond donors (Lipinski definition) is 2. The Morgan fingerprint density at radius 3 is 2.14 bits per heavy atom. The normalized spacial score (nSPS) is 10.2. The molecule has 0 bridgehead atoms. The third-order valence-electron chi connectivity index (χ3n) is 4.23. The molecule has 8 heteroatoms. The maximum Gasteiger partial charge on any atom is 0.276 e. The van der Waals surface area contributed by atoms with Crippen molar-refractivity contribution in [3.63, 3.8) is 0 Å². The molecule has 1 heterocycles. The van der Waals surface area contributed by atoms with Gasteiger partial charge < -0.3 is 24.8 Å². The van der Waals surface area contributed by atoms with Gasteiger partial charge in [0.2, 0.25) is 5.75 Å². The van der Waals surface area contributed by atoms with Gasteiger partial charge in [-0.15, -0.1) is 10.2 Å². The molecule has 0 saturated heterocycles. The summed E-state index contributed by atoms with van der Waals surface area (Å²) < 4.78 is 15.9. The van der Waals surface area contributed by atoms with E-state index in [1.54, 1.807) is 24.3 Å². The second-order valence-corrected chi connectivity index (χ2v) is 6.11. The molecular formula is C21H22N4O4. The van der Waals surface area contributed by atoms with Crippen LogP contribution in [0.4, 0.5) is 17.2 Å². The average molecular weight is 394 g/mol. The first-order valence-corrected chi connectivity index (χ1v) is 8.83. The molecule has 3 rings (SSSR count). The third-order valence-corrected chi connectivity index (χ3v) is 4.23. The van der Waals surface area contributed by atoms with Gasteiger partial charge in [-0.3, -0.25) is 4.79 Å². The number of nitrogens with one attached hydrogen (secondary N) is 2. The molecule has 0 aliphatic heterocycles. The largest absolute Gasteiger partial charge is 0.493 e. The van der Waals surface area contributed by atoms with Crippen LogP contribution in [0.5, 0.6) is 17.2 Å². The quantitative estimate of drug-likeness (QED) is 0.629. The van der Waals surface area contributed by atoms with Gasteiger partial charge in [-0.1, -0.05) is 18.2 Å². The summed E-state index contributed by atoms with van der Waals surface area (Å²) in [6.45, 7) is 2.00. The summed E-state index contributed by atoms with van der Waals surface area (Å²) >= 11 is 0. The van der Waals surface area contributed by atoms with Crippen molar-refractivity contribution in [1.82, 2.24) is 10.2 Å². The highest BCUT2D eigenvalue weighted by Gasteiger charge is 2.16. The molecule has 0 fully saturated rings. The molecule has 0 aliphatic rings. The number of nitrogens with zero attached hydrogens (tertiary/aromatic N) is 2. The highest BCUT2D eigenvalue weighted by atomic mass is 16.5. The van der Waals surface area contributed by atoms with Crippen molar-refractivity contribution in [3.05, 3.63) is 59.8 Å². The maximum absolute atomic E-state index is 12.5. The molecule has 0 atom stereocenters. The molecule has 2 aromatic carbocycles. The fourth-order valence-electron chi connectivity index (χ4n) is 2.72. The predicted molar refractivity (Wildman–Crippen MR) is 111 cm³/mol. The Labute approximate surface area is 168 Å². The van der Waals surface area contributed by atoms with Crippen molar-refractivity contribution >= 4 is 23.1 Å². The molecule has 8 nitrogen and oxygen atoms in total. The zero-order valence-corrected chi connectivity index (χ0v) is 16.6. The van der Waals surface area contributed by atoms with E-state index < -0.39 is 5.91 Å². The lowest BCUT2D eigenvalue weighted by Crippen LogP contribution is -2.15. The Kier molecular flexibility index (Phi) is 6.13. The van der Waals surface area contributed by atoms with Crippen LogP contribution in [0.1, 0.15) is 16.1 Å². The monoisotopic (exact) mass is 394 g/mol. The van der Waals surface area contributed by atoms with Crippen molar-refractivity contribution in [2.45, 2.75) is 6.92 Å². The molecule has 2 N–H and O–H groups in total. The van der Waals surface area contributed by atoms with Crippen molar-refractivity contribution in [3.8, 4) is 17.2 Å². The molecule has 29 heavy (non-hydrogen) atoms. The number of carbonyl (C=O) groups is 1. The second-order valence-electron chi connectivity index (χ2n) is 6.11. The van der Waals surface area contributed by atoms with E-state index in [0.29, 0.717) is 28.8 Å². The molecule has 150 valence electrons. The summed E-state index contributed by atoms with van der Waals surface area (Å²) in [5.41, 5.74) is 2.66. The highest BCUT2D eigenvalue weighted by molar-refractivity contribution is 6.03. The highest BCUT2D eigenvalue weighted by Crippen LogP contribution is 2.40. The lowest BCUT2D eigenvalue weighted by Gasteiger charge is -2.14. The fraction of sp³-hybridized carbons (Fsp3) is 0.190. The Bertz CT molecular complexity index is 981. The van der Waals surface area contributed by atoms with Gasteiger partial charge in [0.1, 0.15) is 0 Å². The van der Waals surface area contributed by atoms with Gasteiger partial charge in [-0.2, -0.15) is 0 Å². The van der Waals surface area contributed by atoms with Crippen LogP contribution >= 0.6 is 0 Å². The Hall–Kier alpha value is -3.81. The second kappa shape index (κ2) is 8.92. The Balaban J connectivity index is 1.75. The minimum Gasteiger partial charge on any atom is -0.493 e. The van der Waals surface area contributed by atoms with E-state index >= 15 is 0 Å². The molecule has 0 unspecified atom stereocenters. The van der Waals surface area contributed by atoms with E-state index in [1.165, 1.54) is 21.3 Å². The van der Waals surface area contributed by atoms with Crippen molar-refractivity contribution < 1.29 is 19.0 Å². The summed E-state index contributed by atoms with van der Waals surface area (Å²) in [5, 5.41) is 14.0. The zero-order chi connectivity index (χ0) is 20.8. The van der Waals surface area contributed by atoms with E-state index in [0.717, 1.165) is 11.3 Å². The summed E-state index contributed by atoms with van der Waals surface area (Å²) in [4.78, 5) is 12.5. The molecular weight excluding hydrogens is 372 g/mol. The summed E-state index contributed by atoms with van der Waals surface area (Å²) in [6, 6.07) is 14.4. The number of carbonyl (C=O) groups excluding carboxylic acids is 1. The number of para-hydroxylation sites is 1. The number of aryl methyl sites for hydroxylation is 1. The van der Waals surface area contributed by atoms with E-state index in [-0.39, 0.29) is 5.69 Å². The van der Waals surface area contributed by atoms with Gasteiger partial charge in [-0.05, 0) is 30.7 Å². The van der Waals surface area contributed by atoms with Crippen LogP contribution < -0.4 is 24.8 Å². The van der Waals surface area contributed by atoms with Crippen molar-refractivity contribution in [2.24, 2.45) is 0 Å². The van der Waals surface area contributed by atoms with Crippen LogP contribution in [-0.2, 0) is 0 Å². The first-order valence-electron chi connectivity index (χ1n) is 8.83. The summed E-state index contributed by atoms with van der Waals surface area (Å²) in [7, 11) is 4.53. The van der Waals surface area contributed by atoms with Gasteiger partial charge >= 0.3 is 0 Å². The summed E-state index contributed by atoms with van der Waals surface area (Å²) in [6.07, 6.45) is 0. The van der Waals surface area contributed by atoms with E-state index in [4.69, 9.17) is 14.2 Å².